The van der Waals surface area contributed by atoms with Gasteiger partial charge in [0, 0.05) is 18.4 Å². The van der Waals surface area contributed by atoms with Gasteiger partial charge < -0.3 is 9.47 Å². The van der Waals surface area contributed by atoms with Gasteiger partial charge in [0.2, 0.25) is 4.96 Å². The maximum absolute atomic E-state index is 5.31. The van der Waals surface area contributed by atoms with E-state index in [4.69, 9.17) is 9.47 Å². The average Bonchev–Trinajstić information content (AvgIpc) is 3.18. The van der Waals surface area contributed by atoms with Crippen molar-refractivity contribution >= 4 is 16.3 Å². The number of rotatable bonds is 5. The summed E-state index contributed by atoms with van der Waals surface area (Å²) in [6.45, 7) is 0. The van der Waals surface area contributed by atoms with Crippen LogP contribution in [-0.4, -0.2) is 34.0 Å². The molecule has 1 aliphatic rings. The molecule has 0 bridgehead atoms. The third-order valence-corrected chi connectivity index (χ3v) is 4.66. The SMILES string of the molecule is COc1cc(Cc2nn3c(C4CC4)nnc3s2)cc(OC)c1. The molecule has 0 unspecified atom stereocenters. The largest absolute Gasteiger partial charge is 0.497 e. The van der Waals surface area contributed by atoms with Crippen LogP contribution in [0.2, 0.25) is 0 Å². The predicted octanol–water partition coefficient (Wildman–Crippen LogP) is 2.67. The van der Waals surface area contributed by atoms with Gasteiger partial charge in [0.1, 0.15) is 16.5 Å². The van der Waals surface area contributed by atoms with Crippen LogP contribution in [0.3, 0.4) is 0 Å². The molecule has 2 heterocycles. The van der Waals surface area contributed by atoms with Crippen molar-refractivity contribution in [2.75, 3.05) is 14.2 Å². The van der Waals surface area contributed by atoms with E-state index in [9.17, 15) is 0 Å². The van der Waals surface area contributed by atoms with Gasteiger partial charge in [-0.1, -0.05) is 11.3 Å². The fourth-order valence-electron chi connectivity index (χ4n) is 2.48. The van der Waals surface area contributed by atoms with Crippen LogP contribution in [-0.2, 0) is 6.42 Å². The van der Waals surface area contributed by atoms with Crippen molar-refractivity contribution in [2.45, 2.75) is 25.2 Å². The van der Waals surface area contributed by atoms with Crippen LogP contribution in [0.4, 0.5) is 0 Å². The van der Waals surface area contributed by atoms with E-state index in [1.165, 1.54) is 12.8 Å². The third-order valence-electron chi connectivity index (χ3n) is 3.77. The van der Waals surface area contributed by atoms with Crippen LogP contribution in [0, 0.1) is 0 Å². The van der Waals surface area contributed by atoms with Crippen molar-refractivity contribution in [3.8, 4) is 11.5 Å². The maximum atomic E-state index is 5.31. The van der Waals surface area contributed by atoms with Gasteiger partial charge in [-0.3, -0.25) is 0 Å². The quantitative estimate of drug-likeness (QED) is 0.724. The lowest BCUT2D eigenvalue weighted by Crippen LogP contribution is -1.96. The van der Waals surface area contributed by atoms with Crippen LogP contribution in [0.1, 0.15) is 35.2 Å². The van der Waals surface area contributed by atoms with E-state index in [1.807, 2.05) is 22.7 Å². The molecule has 1 aliphatic carbocycles. The lowest BCUT2D eigenvalue weighted by molar-refractivity contribution is 0.393. The van der Waals surface area contributed by atoms with E-state index in [2.05, 4.69) is 15.3 Å². The summed E-state index contributed by atoms with van der Waals surface area (Å²) in [5, 5.41) is 14.2. The Morgan fingerprint density at radius 1 is 1.14 bits per heavy atom. The molecule has 0 aliphatic heterocycles. The van der Waals surface area contributed by atoms with Crippen LogP contribution >= 0.6 is 11.3 Å². The van der Waals surface area contributed by atoms with Crippen molar-refractivity contribution in [1.29, 1.82) is 0 Å². The molecule has 6 nitrogen and oxygen atoms in total. The molecule has 0 atom stereocenters. The second kappa shape index (κ2) is 5.24. The van der Waals surface area contributed by atoms with Crippen molar-refractivity contribution in [1.82, 2.24) is 19.8 Å². The zero-order valence-electron chi connectivity index (χ0n) is 12.4. The molecule has 0 N–H and O–H groups in total. The number of hydrogen-bond donors (Lipinski definition) is 0. The van der Waals surface area contributed by atoms with Gasteiger partial charge in [-0.2, -0.15) is 9.61 Å². The molecule has 114 valence electrons. The topological polar surface area (TPSA) is 61.5 Å². The zero-order chi connectivity index (χ0) is 15.1. The van der Waals surface area contributed by atoms with Crippen molar-refractivity contribution in [2.24, 2.45) is 0 Å². The smallest absolute Gasteiger partial charge is 0.234 e. The highest BCUT2D eigenvalue weighted by Crippen LogP contribution is 2.39. The monoisotopic (exact) mass is 316 g/mol. The van der Waals surface area contributed by atoms with Crippen molar-refractivity contribution in [3.63, 3.8) is 0 Å². The molecule has 0 amide bonds. The molecule has 1 fully saturated rings. The first kappa shape index (κ1) is 13.5. The highest BCUT2D eigenvalue weighted by atomic mass is 32.1. The number of ether oxygens (including phenoxy) is 2. The molecule has 7 heteroatoms. The normalized spacial score (nSPS) is 14.5. The van der Waals surface area contributed by atoms with Gasteiger partial charge in [-0.25, -0.2) is 0 Å². The first-order valence-corrected chi connectivity index (χ1v) is 8.01. The Hall–Kier alpha value is -2.15. The van der Waals surface area contributed by atoms with Gasteiger partial charge in [0.05, 0.1) is 14.2 Å². The van der Waals surface area contributed by atoms with Crippen LogP contribution < -0.4 is 9.47 Å². The summed E-state index contributed by atoms with van der Waals surface area (Å²) in [6, 6.07) is 5.88. The Morgan fingerprint density at radius 3 is 2.50 bits per heavy atom. The van der Waals surface area contributed by atoms with Gasteiger partial charge in [0.15, 0.2) is 5.82 Å². The highest BCUT2D eigenvalue weighted by molar-refractivity contribution is 7.16. The fraction of sp³-hybridized carbons (Fsp3) is 0.400. The molecule has 22 heavy (non-hydrogen) atoms. The van der Waals surface area contributed by atoms with E-state index in [0.29, 0.717) is 5.92 Å². The Balaban J connectivity index is 1.65. The number of methoxy groups -OCH3 is 2. The van der Waals surface area contributed by atoms with Gasteiger partial charge in [-0.15, -0.1) is 10.2 Å². The van der Waals surface area contributed by atoms with E-state index in [0.717, 1.165) is 39.3 Å². The molecular formula is C15H16N4O2S. The number of fused-ring (bicyclic) bond motifs is 1. The zero-order valence-corrected chi connectivity index (χ0v) is 13.3. The van der Waals surface area contributed by atoms with Crippen LogP contribution in [0.5, 0.6) is 11.5 Å². The van der Waals surface area contributed by atoms with Gasteiger partial charge >= 0.3 is 0 Å². The summed E-state index contributed by atoms with van der Waals surface area (Å²) in [5.74, 6) is 3.12. The lowest BCUT2D eigenvalue weighted by atomic mass is 10.1. The lowest BCUT2D eigenvalue weighted by Gasteiger charge is -2.07. The molecule has 1 aromatic carbocycles. The van der Waals surface area contributed by atoms with Crippen LogP contribution in [0.25, 0.3) is 4.96 Å². The predicted molar refractivity (Wildman–Crippen MR) is 83.0 cm³/mol. The van der Waals surface area contributed by atoms with E-state index < -0.39 is 0 Å². The Kier molecular flexibility index (Phi) is 3.22. The first-order valence-electron chi connectivity index (χ1n) is 7.20. The molecule has 3 aromatic rings. The minimum absolute atomic E-state index is 0.543. The summed E-state index contributed by atoms with van der Waals surface area (Å²) < 4.78 is 12.5. The summed E-state index contributed by atoms with van der Waals surface area (Å²) in [6.07, 6.45) is 3.12. The van der Waals surface area contributed by atoms with E-state index >= 15 is 0 Å². The molecule has 0 radical (unpaired) electrons. The van der Waals surface area contributed by atoms with E-state index in [-0.39, 0.29) is 0 Å². The molecule has 2 aromatic heterocycles. The summed E-state index contributed by atoms with van der Waals surface area (Å²) in [5.41, 5.74) is 1.11. The summed E-state index contributed by atoms with van der Waals surface area (Å²) >= 11 is 1.58. The second-order valence-corrected chi connectivity index (χ2v) is 6.46. The second-order valence-electron chi connectivity index (χ2n) is 5.42. The van der Waals surface area contributed by atoms with Crippen LogP contribution in [0.15, 0.2) is 18.2 Å². The number of nitrogens with zero attached hydrogens (tertiary/aromatic N) is 4. The highest BCUT2D eigenvalue weighted by Gasteiger charge is 2.30. The Morgan fingerprint density at radius 2 is 1.86 bits per heavy atom. The molecule has 1 saturated carbocycles. The average molecular weight is 316 g/mol. The third kappa shape index (κ3) is 2.41. The minimum atomic E-state index is 0.543. The van der Waals surface area contributed by atoms with E-state index in [1.54, 1.807) is 25.6 Å². The first-order chi connectivity index (χ1) is 10.8. The Bertz CT molecular complexity index is 800. The van der Waals surface area contributed by atoms with Crippen molar-refractivity contribution < 1.29 is 9.47 Å². The number of aromatic nitrogens is 4. The van der Waals surface area contributed by atoms with Gasteiger partial charge in [-0.05, 0) is 30.5 Å². The number of hydrogen-bond acceptors (Lipinski definition) is 6. The standard InChI is InChI=1S/C15H16N4O2S/c1-20-11-5-9(6-12(8-11)21-2)7-13-18-19-14(10-3-4-10)16-17-15(19)22-13/h5-6,8,10H,3-4,7H2,1-2H3. The summed E-state index contributed by atoms with van der Waals surface area (Å²) in [7, 11) is 3.31. The maximum Gasteiger partial charge on any atom is 0.234 e. The number of benzene rings is 1. The summed E-state index contributed by atoms with van der Waals surface area (Å²) in [4.78, 5) is 0.867. The van der Waals surface area contributed by atoms with Gasteiger partial charge in [0.25, 0.3) is 0 Å². The molecule has 4 rings (SSSR count). The minimum Gasteiger partial charge on any atom is -0.497 e. The molecular weight excluding hydrogens is 300 g/mol. The van der Waals surface area contributed by atoms with Crippen molar-refractivity contribution in [3.05, 3.63) is 34.6 Å². The molecule has 0 saturated heterocycles. The fourth-order valence-corrected chi connectivity index (χ4v) is 3.36. The molecule has 0 spiro atoms. The Labute approximate surface area is 131 Å².